The maximum Gasteiger partial charge on any atom is 0.255 e. The van der Waals surface area contributed by atoms with E-state index in [0.29, 0.717) is 29.8 Å². The van der Waals surface area contributed by atoms with Crippen molar-refractivity contribution in [1.82, 2.24) is 0 Å². The molecular weight excluding hydrogens is 266 g/mol. The zero-order valence-electron chi connectivity index (χ0n) is 11.5. The van der Waals surface area contributed by atoms with E-state index in [9.17, 15) is 9.59 Å². The fourth-order valence-electron chi connectivity index (χ4n) is 2.06. The van der Waals surface area contributed by atoms with Gasteiger partial charge in [0.15, 0.2) is 0 Å². The number of primary amides is 1. The summed E-state index contributed by atoms with van der Waals surface area (Å²) in [6, 6.07) is 13.8. The molecule has 0 atom stereocenters. The van der Waals surface area contributed by atoms with E-state index >= 15 is 0 Å². The molecule has 21 heavy (non-hydrogen) atoms. The maximum atomic E-state index is 12.3. The second-order valence-electron chi connectivity index (χ2n) is 4.60. The van der Waals surface area contributed by atoms with Gasteiger partial charge in [0.25, 0.3) is 5.91 Å². The van der Waals surface area contributed by atoms with E-state index in [1.54, 1.807) is 36.4 Å². The van der Waals surface area contributed by atoms with E-state index in [0.717, 1.165) is 5.56 Å². The zero-order chi connectivity index (χ0) is 15.2. The van der Waals surface area contributed by atoms with E-state index in [1.807, 2.05) is 12.1 Å². The van der Waals surface area contributed by atoms with Crippen LogP contribution in [0.25, 0.3) is 0 Å². The first-order chi connectivity index (χ1) is 10.1. The first-order valence-electron chi connectivity index (χ1n) is 6.61. The van der Waals surface area contributed by atoms with Gasteiger partial charge in [0.2, 0.25) is 5.91 Å². The molecule has 0 heterocycles. The van der Waals surface area contributed by atoms with Gasteiger partial charge in [-0.2, -0.15) is 0 Å². The number of carbonyl (C=O) groups excluding carboxylic acids is 2. The van der Waals surface area contributed by atoms with Crippen molar-refractivity contribution >= 4 is 17.5 Å². The molecule has 2 aromatic carbocycles. The lowest BCUT2D eigenvalue weighted by Gasteiger charge is -2.10. The molecule has 0 bridgehead atoms. The smallest absolute Gasteiger partial charge is 0.255 e. The van der Waals surface area contributed by atoms with E-state index < -0.39 is 5.91 Å². The largest absolute Gasteiger partial charge is 0.366 e. The van der Waals surface area contributed by atoms with E-state index in [1.165, 1.54) is 0 Å². The topological polar surface area (TPSA) is 98.2 Å². The van der Waals surface area contributed by atoms with Crippen molar-refractivity contribution in [3.63, 3.8) is 0 Å². The van der Waals surface area contributed by atoms with Crippen LogP contribution in [0.5, 0.6) is 0 Å². The van der Waals surface area contributed by atoms with Gasteiger partial charge in [-0.15, -0.1) is 0 Å². The Labute approximate surface area is 123 Å². The molecule has 0 saturated heterocycles. The Morgan fingerprint density at radius 1 is 1.05 bits per heavy atom. The van der Waals surface area contributed by atoms with Crippen molar-refractivity contribution < 1.29 is 9.59 Å². The summed E-state index contributed by atoms with van der Waals surface area (Å²) in [5.41, 5.74) is 13.1. The SMILES string of the molecule is NCCc1ccccc1C(=O)Nc1cccc(C(N)=O)c1. The Balaban J connectivity index is 2.22. The van der Waals surface area contributed by atoms with Crippen molar-refractivity contribution in [3.8, 4) is 0 Å². The van der Waals surface area contributed by atoms with Crippen molar-refractivity contribution in [3.05, 3.63) is 65.2 Å². The number of anilines is 1. The number of benzene rings is 2. The lowest BCUT2D eigenvalue weighted by Crippen LogP contribution is -2.17. The number of rotatable bonds is 5. The molecule has 0 aliphatic carbocycles. The lowest BCUT2D eigenvalue weighted by atomic mass is 10.0. The van der Waals surface area contributed by atoms with Crippen LogP contribution in [-0.4, -0.2) is 18.4 Å². The third-order valence-corrected chi connectivity index (χ3v) is 3.08. The maximum absolute atomic E-state index is 12.3. The van der Waals surface area contributed by atoms with Gasteiger partial charge in [0, 0.05) is 16.8 Å². The third kappa shape index (κ3) is 3.67. The Morgan fingerprint density at radius 3 is 2.52 bits per heavy atom. The Kier molecular flexibility index (Phi) is 4.68. The molecule has 0 radical (unpaired) electrons. The number of carbonyl (C=O) groups is 2. The molecule has 108 valence electrons. The fraction of sp³-hybridized carbons (Fsp3) is 0.125. The molecule has 0 unspecified atom stereocenters. The summed E-state index contributed by atoms with van der Waals surface area (Å²) >= 11 is 0. The van der Waals surface area contributed by atoms with Crippen LogP contribution in [0.3, 0.4) is 0 Å². The number of nitrogens with two attached hydrogens (primary N) is 2. The Bertz CT molecular complexity index is 668. The predicted molar refractivity (Wildman–Crippen MR) is 82.1 cm³/mol. The number of amides is 2. The minimum absolute atomic E-state index is 0.235. The highest BCUT2D eigenvalue weighted by Gasteiger charge is 2.11. The van der Waals surface area contributed by atoms with Gasteiger partial charge >= 0.3 is 0 Å². The van der Waals surface area contributed by atoms with E-state index in [2.05, 4.69) is 5.32 Å². The van der Waals surface area contributed by atoms with Gasteiger partial charge in [-0.3, -0.25) is 9.59 Å². The highest BCUT2D eigenvalue weighted by molar-refractivity contribution is 6.06. The molecule has 0 aliphatic rings. The van der Waals surface area contributed by atoms with Crippen molar-refractivity contribution in [2.45, 2.75) is 6.42 Å². The monoisotopic (exact) mass is 283 g/mol. The normalized spacial score (nSPS) is 10.1. The third-order valence-electron chi connectivity index (χ3n) is 3.08. The molecule has 2 aromatic rings. The van der Waals surface area contributed by atoms with Crippen LogP contribution >= 0.6 is 0 Å². The van der Waals surface area contributed by atoms with Gasteiger partial charge in [-0.1, -0.05) is 24.3 Å². The molecule has 2 rings (SSSR count). The standard InChI is InChI=1S/C16H17N3O2/c17-9-8-11-4-1-2-7-14(11)16(21)19-13-6-3-5-12(10-13)15(18)20/h1-7,10H,8-9,17H2,(H2,18,20)(H,19,21). The molecule has 5 nitrogen and oxygen atoms in total. The zero-order valence-corrected chi connectivity index (χ0v) is 11.5. The minimum Gasteiger partial charge on any atom is -0.366 e. The van der Waals surface area contributed by atoms with Crippen LogP contribution in [0, 0.1) is 0 Å². The molecule has 0 aliphatic heterocycles. The fourth-order valence-corrected chi connectivity index (χ4v) is 2.06. The molecular formula is C16H17N3O2. The van der Waals surface area contributed by atoms with Crippen molar-refractivity contribution in [2.24, 2.45) is 11.5 Å². The summed E-state index contributed by atoms with van der Waals surface area (Å²) in [5, 5.41) is 2.76. The quantitative estimate of drug-likeness (QED) is 0.776. The predicted octanol–water partition coefficient (Wildman–Crippen LogP) is 1.54. The second kappa shape index (κ2) is 6.67. The van der Waals surface area contributed by atoms with Crippen molar-refractivity contribution in [2.75, 3.05) is 11.9 Å². The molecule has 0 aromatic heterocycles. The Morgan fingerprint density at radius 2 is 1.81 bits per heavy atom. The second-order valence-corrected chi connectivity index (χ2v) is 4.60. The van der Waals surface area contributed by atoms with Crippen LogP contribution < -0.4 is 16.8 Å². The van der Waals surface area contributed by atoms with Crippen LogP contribution in [-0.2, 0) is 6.42 Å². The highest BCUT2D eigenvalue weighted by Crippen LogP contribution is 2.14. The molecule has 5 N–H and O–H groups in total. The average Bonchev–Trinajstić information content (AvgIpc) is 2.48. The summed E-state index contributed by atoms with van der Waals surface area (Å²) in [4.78, 5) is 23.5. The summed E-state index contributed by atoms with van der Waals surface area (Å²) in [6.45, 7) is 0.474. The van der Waals surface area contributed by atoms with E-state index in [-0.39, 0.29) is 5.91 Å². The molecule has 0 fully saturated rings. The van der Waals surface area contributed by atoms with Crippen LogP contribution in [0.4, 0.5) is 5.69 Å². The van der Waals surface area contributed by atoms with Crippen LogP contribution in [0.15, 0.2) is 48.5 Å². The summed E-state index contributed by atoms with van der Waals surface area (Å²) in [5.74, 6) is -0.768. The van der Waals surface area contributed by atoms with E-state index in [4.69, 9.17) is 11.5 Å². The first-order valence-corrected chi connectivity index (χ1v) is 6.61. The molecule has 5 heteroatoms. The summed E-state index contributed by atoms with van der Waals surface area (Å²) in [7, 11) is 0. The van der Waals surface area contributed by atoms with Crippen LogP contribution in [0.1, 0.15) is 26.3 Å². The number of nitrogens with one attached hydrogen (secondary N) is 1. The minimum atomic E-state index is -0.533. The highest BCUT2D eigenvalue weighted by atomic mass is 16.2. The van der Waals surface area contributed by atoms with Gasteiger partial charge in [0.1, 0.15) is 0 Å². The van der Waals surface area contributed by atoms with Gasteiger partial charge in [-0.25, -0.2) is 0 Å². The van der Waals surface area contributed by atoms with Crippen molar-refractivity contribution in [1.29, 1.82) is 0 Å². The molecule has 2 amide bonds. The van der Waals surface area contributed by atoms with Gasteiger partial charge < -0.3 is 16.8 Å². The van der Waals surface area contributed by atoms with Gasteiger partial charge in [-0.05, 0) is 42.8 Å². The van der Waals surface area contributed by atoms with Crippen LogP contribution in [0.2, 0.25) is 0 Å². The first kappa shape index (κ1) is 14.7. The number of hydrogen-bond donors (Lipinski definition) is 3. The number of hydrogen-bond acceptors (Lipinski definition) is 3. The Hall–Kier alpha value is -2.66. The molecule has 0 saturated carbocycles. The summed E-state index contributed by atoms with van der Waals surface area (Å²) in [6.07, 6.45) is 0.630. The average molecular weight is 283 g/mol. The molecule has 0 spiro atoms. The van der Waals surface area contributed by atoms with Gasteiger partial charge in [0.05, 0.1) is 0 Å². The summed E-state index contributed by atoms with van der Waals surface area (Å²) < 4.78 is 0. The lowest BCUT2D eigenvalue weighted by molar-refractivity contribution is 0.0996.